The first-order chi connectivity index (χ1) is 15.2. The van der Waals surface area contributed by atoms with Crippen LogP contribution in [0.2, 0.25) is 0 Å². The van der Waals surface area contributed by atoms with Gasteiger partial charge in [0.1, 0.15) is 0 Å². The second-order valence-electron chi connectivity index (χ2n) is 8.34. The van der Waals surface area contributed by atoms with Gasteiger partial charge in [-0.15, -0.1) is 0 Å². The molecule has 168 valence electrons. The summed E-state index contributed by atoms with van der Waals surface area (Å²) in [5.41, 5.74) is 4.13. The minimum atomic E-state index is 0.476. The lowest BCUT2D eigenvalue weighted by atomic mass is 10.0. The highest BCUT2D eigenvalue weighted by Gasteiger charge is 2.20. The highest BCUT2D eigenvalue weighted by molar-refractivity contribution is 5.80. The van der Waals surface area contributed by atoms with Gasteiger partial charge in [-0.25, -0.2) is 0 Å². The van der Waals surface area contributed by atoms with Gasteiger partial charge in [0.05, 0.1) is 0 Å². The third-order valence-electron chi connectivity index (χ3n) is 6.25. The van der Waals surface area contributed by atoms with Gasteiger partial charge in [0.2, 0.25) is 0 Å². The van der Waals surface area contributed by atoms with E-state index in [0.717, 1.165) is 64.6 Å². The summed E-state index contributed by atoms with van der Waals surface area (Å²) in [4.78, 5) is 9.48. The molecule has 0 aliphatic carbocycles. The van der Waals surface area contributed by atoms with Crippen LogP contribution in [0, 0.1) is 0 Å². The number of piperidine rings is 1. The van der Waals surface area contributed by atoms with Gasteiger partial charge in [-0.05, 0) is 42.6 Å². The quantitative estimate of drug-likeness (QED) is 0.477. The molecule has 0 atom stereocenters. The lowest BCUT2D eigenvalue weighted by molar-refractivity contribution is 0.198. The molecule has 3 rings (SSSR count). The molecule has 1 aliphatic heterocycles. The van der Waals surface area contributed by atoms with Crippen LogP contribution in [0.25, 0.3) is 0 Å². The van der Waals surface area contributed by atoms with Crippen LogP contribution in [0.4, 0.5) is 0 Å². The zero-order valence-electron chi connectivity index (χ0n) is 19.5. The van der Waals surface area contributed by atoms with Crippen LogP contribution in [-0.4, -0.2) is 55.0 Å². The Balaban J connectivity index is 1.46. The van der Waals surface area contributed by atoms with Crippen molar-refractivity contribution in [2.24, 2.45) is 4.99 Å². The minimum absolute atomic E-state index is 0.476. The van der Waals surface area contributed by atoms with Gasteiger partial charge >= 0.3 is 0 Å². The molecule has 0 aromatic heterocycles. The first-order valence-electron chi connectivity index (χ1n) is 11.7. The van der Waals surface area contributed by atoms with E-state index in [1.165, 1.54) is 16.7 Å². The van der Waals surface area contributed by atoms with Gasteiger partial charge in [0, 0.05) is 45.8 Å². The molecule has 0 radical (unpaired) electrons. The molecule has 2 N–H and O–H groups in total. The second-order valence-corrected chi connectivity index (χ2v) is 8.34. The summed E-state index contributed by atoms with van der Waals surface area (Å²) in [6, 6.07) is 20.0. The Morgan fingerprint density at radius 3 is 2.26 bits per heavy atom. The number of guanidine groups is 1. The summed E-state index contributed by atoms with van der Waals surface area (Å²) in [5.74, 6) is 0.902. The highest BCUT2D eigenvalue weighted by atomic mass is 15.2. The molecule has 1 fully saturated rings. The fourth-order valence-corrected chi connectivity index (χ4v) is 4.22. The SMILES string of the molecule is CCN(CC)Cc1ccccc1CNC(=NC)NC1CCN(Cc2ccccc2)CC1. The molecule has 0 saturated carbocycles. The number of likely N-dealkylation sites (tertiary alicyclic amines) is 1. The van der Waals surface area contributed by atoms with E-state index in [1.54, 1.807) is 0 Å². The van der Waals surface area contributed by atoms with Crippen LogP contribution in [0.15, 0.2) is 59.6 Å². The zero-order chi connectivity index (χ0) is 21.9. The van der Waals surface area contributed by atoms with Gasteiger partial charge in [-0.3, -0.25) is 14.8 Å². The minimum Gasteiger partial charge on any atom is -0.354 e. The van der Waals surface area contributed by atoms with Gasteiger partial charge in [-0.1, -0.05) is 68.4 Å². The number of rotatable bonds is 9. The second kappa shape index (κ2) is 12.5. The Morgan fingerprint density at radius 1 is 0.968 bits per heavy atom. The third kappa shape index (κ3) is 7.37. The maximum absolute atomic E-state index is 4.48. The molecule has 31 heavy (non-hydrogen) atoms. The van der Waals surface area contributed by atoms with Crippen molar-refractivity contribution in [3.05, 3.63) is 71.3 Å². The fourth-order valence-electron chi connectivity index (χ4n) is 4.22. The van der Waals surface area contributed by atoms with E-state index >= 15 is 0 Å². The van der Waals surface area contributed by atoms with Crippen LogP contribution >= 0.6 is 0 Å². The van der Waals surface area contributed by atoms with E-state index in [4.69, 9.17) is 0 Å². The number of benzene rings is 2. The summed E-state index contributed by atoms with van der Waals surface area (Å²) in [6.45, 7) is 11.7. The fraction of sp³-hybridized carbons (Fsp3) is 0.500. The number of aliphatic imine (C=N–C) groups is 1. The van der Waals surface area contributed by atoms with E-state index in [1.807, 2.05) is 7.05 Å². The van der Waals surface area contributed by atoms with Gasteiger partial charge in [0.15, 0.2) is 5.96 Å². The first-order valence-corrected chi connectivity index (χ1v) is 11.7. The van der Waals surface area contributed by atoms with Crippen LogP contribution in [-0.2, 0) is 19.6 Å². The normalized spacial score (nSPS) is 15.9. The van der Waals surface area contributed by atoms with Crippen molar-refractivity contribution in [2.75, 3.05) is 33.2 Å². The molecule has 1 aliphatic rings. The Kier molecular flexibility index (Phi) is 9.38. The monoisotopic (exact) mass is 421 g/mol. The van der Waals surface area contributed by atoms with E-state index in [9.17, 15) is 0 Å². The summed E-state index contributed by atoms with van der Waals surface area (Å²) in [7, 11) is 1.86. The molecule has 1 heterocycles. The summed E-state index contributed by atoms with van der Waals surface area (Å²) in [6.07, 6.45) is 2.29. The molecule has 5 nitrogen and oxygen atoms in total. The van der Waals surface area contributed by atoms with Crippen LogP contribution in [0.5, 0.6) is 0 Å². The molecule has 2 aromatic rings. The molecule has 1 saturated heterocycles. The standard InChI is InChI=1S/C26H39N5/c1-4-30(5-2)21-24-14-10-9-13-23(24)19-28-26(27-3)29-25-15-17-31(18-16-25)20-22-11-7-6-8-12-22/h6-14,25H,4-5,15-21H2,1-3H3,(H2,27,28,29). The van der Waals surface area contributed by atoms with Crippen LogP contribution in [0.3, 0.4) is 0 Å². The number of hydrogen-bond acceptors (Lipinski definition) is 3. The van der Waals surface area contributed by atoms with Crippen LogP contribution in [0.1, 0.15) is 43.4 Å². The van der Waals surface area contributed by atoms with E-state index in [0.29, 0.717) is 6.04 Å². The molecule has 5 heteroatoms. The molecular formula is C26H39N5. The topological polar surface area (TPSA) is 42.9 Å². The summed E-state index contributed by atoms with van der Waals surface area (Å²) in [5, 5.41) is 7.19. The van der Waals surface area contributed by atoms with Crippen molar-refractivity contribution in [1.29, 1.82) is 0 Å². The molecule has 0 spiro atoms. The largest absolute Gasteiger partial charge is 0.354 e. The first kappa shape index (κ1) is 23.3. The predicted molar refractivity (Wildman–Crippen MR) is 131 cm³/mol. The van der Waals surface area contributed by atoms with Gasteiger partial charge in [0.25, 0.3) is 0 Å². The van der Waals surface area contributed by atoms with Gasteiger partial charge in [-0.2, -0.15) is 0 Å². The molecular weight excluding hydrogens is 382 g/mol. The molecule has 0 amide bonds. The van der Waals surface area contributed by atoms with Crippen molar-refractivity contribution in [1.82, 2.24) is 20.4 Å². The molecule has 0 unspecified atom stereocenters. The zero-order valence-corrected chi connectivity index (χ0v) is 19.5. The maximum Gasteiger partial charge on any atom is 0.191 e. The number of nitrogens with zero attached hydrogens (tertiary/aromatic N) is 3. The Bertz CT molecular complexity index is 792. The van der Waals surface area contributed by atoms with Crippen molar-refractivity contribution in [3.8, 4) is 0 Å². The van der Waals surface area contributed by atoms with Crippen molar-refractivity contribution >= 4 is 5.96 Å². The number of nitrogens with one attached hydrogen (secondary N) is 2. The number of hydrogen-bond donors (Lipinski definition) is 2. The van der Waals surface area contributed by atoms with Crippen molar-refractivity contribution in [2.45, 2.75) is 52.4 Å². The average molecular weight is 422 g/mol. The molecule has 2 aromatic carbocycles. The van der Waals surface area contributed by atoms with E-state index in [-0.39, 0.29) is 0 Å². The Hall–Kier alpha value is -2.37. The van der Waals surface area contributed by atoms with Crippen molar-refractivity contribution < 1.29 is 0 Å². The predicted octanol–water partition coefficient (Wildman–Crippen LogP) is 3.86. The van der Waals surface area contributed by atoms with E-state index in [2.05, 4.69) is 93.9 Å². The van der Waals surface area contributed by atoms with Gasteiger partial charge < -0.3 is 10.6 Å². The summed E-state index contributed by atoms with van der Waals surface area (Å²) >= 11 is 0. The smallest absolute Gasteiger partial charge is 0.191 e. The Labute approximate surface area is 188 Å². The van der Waals surface area contributed by atoms with Crippen molar-refractivity contribution in [3.63, 3.8) is 0 Å². The lowest BCUT2D eigenvalue weighted by Crippen LogP contribution is -2.48. The molecule has 0 bridgehead atoms. The summed E-state index contributed by atoms with van der Waals surface area (Å²) < 4.78 is 0. The average Bonchev–Trinajstić information content (AvgIpc) is 2.82. The van der Waals surface area contributed by atoms with E-state index < -0.39 is 0 Å². The third-order valence-corrected chi connectivity index (χ3v) is 6.25. The lowest BCUT2D eigenvalue weighted by Gasteiger charge is -2.33. The Morgan fingerprint density at radius 2 is 1.61 bits per heavy atom. The highest BCUT2D eigenvalue weighted by Crippen LogP contribution is 2.14. The maximum atomic E-state index is 4.48. The van der Waals surface area contributed by atoms with Crippen LogP contribution < -0.4 is 10.6 Å².